The van der Waals surface area contributed by atoms with Crippen LogP contribution in [0.4, 0.5) is 17.1 Å². The zero-order valence-electron chi connectivity index (χ0n) is 45.8. The molecule has 0 aliphatic heterocycles. The van der Waals surface area contributed by atoms with Gasteiger partial charge in [0, 0.05) is 83.8 Å². The van der Waals surface area contributed by atoms with Gasteiger partial charge in [-0.05, 0) is 124 Å². The molecule has 12 aromatic rings. The van der Waals surface area contributed by atoms with Crippen LogP contribution in [0.2, 0.25) is 0 Å². The van der Waals surface area contributed by atoms with Gasteiger partial charge in [-0.25, -0.2) is 0 Å². The second-order valence-electron chi connectivity index (χ2n) is 20.6. The molecule has 7 nitrogen and oxygen atoms in total. The van der Waals surface area contributed by atoms with E-state index in [9.17, 15) is 28.8 Å². The molecular weight excluding hydrogens is 1050 g/mol. The standard InChI is InChI=1S/C78H51NO6/c80-73(52-22-7-1-8-23-52)64-40-61(41-65(46-64)74(81)53-24-9-2-10-25-53)58-34-19-37-70(49-58)79(71-38-20-35-59(50-71)62-42-66(75(82)54-26-11-3-12-27-54)47-67(43-62)76(83)55-28-13-4-14-29-55)72-39-21-36-60(51-72)63-44-68(77(84)56-30-15-5-16-31-56)48-69(45-63)78(85)57-32-17-6-18-33-57/h1-51H. The Bertz CT molecular complexity index is 3830. The minimum absolute atomic E-state index is 0.234. The highest BCUT2D eigenvalue weighted by molar-refractivity contribution is 6.17. The zero-order chi connectivity index (χ0) is 58.2. The van der Waals surface area contributed by atoms with Crippen LogP contribution in [0.15, 0.2) is 309 Å². The first-order chi connectivity index (χ1) is 41.6. The van der Waals surface area contributed by atoms with Crippen molar-refractivity contribution in [2.75, 3.05) is 4.90 Å². The number of rotatable bonds is 18. The van der Waals surface area contributed by atoms with E-state index in [4.69, 9.17) is 0 Å². The van der Waals surface area contributed by atoms with Crippen molar-refractivity contribution in [1.82, 2.24) is 0 Å². The molecule has 404 valence electrons. The highest BCUT2D eigenvalue weighted by atomic mass is 16.1. The molecule has 0 spiro atoms. The van der Waals surface area contributed by atoms with Crippen LogP contribution in [0.1, 0.15) is 95.5 Å². The van der Waals surface area contributed by atoms with E-state index in [0.29, 0.717) is 117 Å². The first-order valence-corrected chi connectivity index (χ1v) is 27.8. The van der Waals surface area contributed by atoms with Gasteiger partial charge in [0.25, 0.3) is 0 Å². The van der Waals surface area contributed by atoms with Gasteiger partial charge < -0.3 is 4.90 Å². The smallest absolute Gasteiger partial charge is 0.193 e. The topological polar surface area (TPSA) is 106 Å². The van der Waals surface area contributed by atoms with Crippen LogP contribution in [-0.2, 0) is 0 Å². The lowest BCUT2D eigenvalue weighted by Gasteiger charge is -2.27. The molecule has 0 aliphatic rings. The molecule has 0 aromatic heterocycles. The molecule has 0 radical (unpaired) electrons. The van der Waals surface area contributed by atoms with Gasteiger partial charge in [-0.15, -0.1) is 0 Å². The molecule has 0 saturated carbocycles. The number of benzene rings is 12. The van der Waals surface area contributed by atoms with Gasteiger partial charge in [0.1, 0.15) is 0 Å². The minimum Gasteiger partial charge on any atom is -0.310 e. The number of hydrogen-bond acceptors (Lipinski definition) is 7. The minimum atomic E-state index is -0.234. The number of nitrogens with zero attached hydrogens (tertiary/aromatic N) is 1. The lowest BCUT2D eigenvalue weighted by molar-refractivity contribution is 0.102. The number of hydrogen-bond donors (Lipinski definition) is 0. The van der Waals surface area contributed by atoms with Crippen LogP contribution in [0.5, 0.6) is 0 Å². The average molecular weight is 1100 g/mol. The molecule has 0 atom stereocenters. The highest BCUT2D eigenvalue weighted by Crippen LogP contribution is 2.41. The molecule has 0 saturated heterocycles. The van der Waals surface area contributed by atoms with Crippen LogP contribution in [0, 0.1) is 0 Å². The largest absolute Gasteiger partial charge is 0.310 e. The van der Waals surface area contributed by atoms with E-state index in [-0.39, 0.29) is 34.7 Å². The van der Waals surface area contributed by atoms with E-state index in [2.05, 4.69) is 4.90 Å². The summed E-state index contributed by atoms with van der Waals surface area (Å²) in [6.45, 7) is 0. The molecule has 0 fully saturated rings. The number of carbonyl (C=O) groups excluding carboxylic acids is 6. The summed E-state index contributed by atoms with van der Waals surface area (Å²) >= 11 is 0. The lowest BCUT2D eigenvalue weighted by Crippen LogP contribution is -2.11. The quantitative estimate of drug-likeness (QED) is 0.0788. The molecule has 0 amide bonds. The van der Waals surface area contributed by atoms with E-state index >= 15 is 0 Å². The summed E-state index contributed by atoms with van der Waals surface area (Å²) in [5, 5.41) is 0. The maximum Gasteiger partial charge on any atom is 0.193 e. The number of carbonyl (C=O) groups is 6. The second-order valence-corrected chi connectivity index (χ2v) is 20.6. The highest BCUT2D eigenvalue weighted by Gasteiger charge is 2.23. The van der Waals surface area contributed by atoms with Crippen LogP contribution in [0.25, 0.3) is 33.4 Å². The number of ketones is 6. The fraction of sp³-hybridized carbons (Fsp3) is 0. The maximum atomic E-state index is 14.3. The van der Waals surface area contributed by atoms with E-state index in [0.717, 1.165) is 0 Å². The van der Waals surface area contributed by atoms with Crippen LogP contribution >= 0.6 is 0 Å². The summed E-state index contributed by atoms with van der Waals surface area (Å²) in [5.74, 6) is -1.40. The molecular formula is C78H51NO6. The van der Waals surface area contributed by atoms with Gasteiger partial charge in [0.05, 0.1) is 0 Å². The van der Waals surface area contributed by atoms with Crippen molar-refractivity contribution < 1.29 is 28.8 Å². The zero-order valence-corrected chi connectivity index (χ0v) is 45.8. The molecule has 0 unspecified atom stereocenters. The van der Waals surface area contributed by atoms with Crippen molar-refractivity contribution in [3.05, 3.63) is 376 Å². The summed E-state index contributed by atoms with van der Waals surface area (Å²) < 4.78 is 0. The monoisotopic (exact) mass is 1100 g/mol. The van der Waals surface area contributed by atoms with Gasteiger partial charge in [-0.1, -0.05) is 218 Å². The van der Waals surface area contributed by atoms with E-state index in [1.807, 2.05) is 218 Å². The normalized spacial score (nSPS) is 10.9. The Hall–Kier alpha value is -11.5. The Kier molecular flexibility index (Phi) is 15.4. The summed E-state index contributed by atoms with van der Waals surface area (Å²) in [5.41, 5.74) is 11.1. The van der Waals surface area contributed by atoms with Crippen molar-refractivity contribution in [2.45, 2.75) is 0 Å². The first-order valence-electron chi connectivity index (χ1n) is 27.8. The second kappa shape index (κ2) is 24.3. The summed E-state index contributed by atoms with van der Waals surface area (Å²) in [6.07, 6.45) is 0. The third-order valence-electron chi connectivity index (χ3n) is 14.9. The Labute approximate surface area is 492 Å². The van der Waals surface area contributed by atoms with Crippen LogP contribution in [0.3, 0.4) is 0 Å². The van der Waals surface area contributed by atoms with Crippen LogP contribution in [-0.4, -0.2) is 34.7 Å². The van der Waals surface area contributed by atoms with Crippen molar-refractivity contribution in [3.8, 4) is 33.4 Å². The van der Waals surface area contributed by atoms with Crippen molar-refractivity contribution in [2.24, 2.45) is 0 Å². The molecule has 7 heteroatoms. The Morgan fingerprint density at radius 3 is 0.541 bits per heavy atom. The number of anilines is 3. The lowest BCUT2D eigenvalue weighted by atomic mass is 9.92. The van der Waals surface area contributed by atoms with Gasteiger partial charge >= 0.3 is 0 Å². The van der Waals surface area contributed by atoms with E-state index < -0.39 is 0 Å². The summed E-state index contributed by atoms with van der Waals surface area (Å²) in [6, 6.07) is 93.3. The van der Waals surface area contributed by atoms with E-state index in [1.54, 1.807) is 91.0 Å². The van der Waals surface area contributed by atoms with Crippen molar-refractivity contribution in [1.29, 1.82) is 0 Å². The predicted octanol–water partition coefficient (Wildman–Crippen LogP) is 17.5. The molecule has 85 heavy (non-hydrogen) atoms. The third kappa shape index (κ3) is 11.8. The molecule has 0 heterocycles. The Balaban J connectivity index is 1.03. The van der Waals surface area contributed by atoms with Crippen LogP contribution < -0.4 is 4.90 Å². The SMILES string of the molecule is O=C(c1ccccc1)c1cc(C(=O)c2ccccc2)cc(-c2cccc(N(c3cccc(-c4cc(C(=O)c5ccccc5)cc(C(=O)c5ccccc5)c4)c3)c3cccc(-c4cc(C(=O)c5ccccc5)cc(C(=O)c5ccccc5)c4)c3)c2)c1. The summed E-state index contributed by atoms with van der Waals surface area (Å²) in [7, 11) is 0. The Morgan fingerprint density at radius 1 is 0.165 bits per heavy atom. The fourth-order valence-corrected chi connectivity index (χ4v) is 10.6. The molecule has 0 N–H and O–H groups in total. The van der Waals surface area contributed by atoms with Gasteiger partial charge in [0.2, 0.25) is 0 Å². The van der Waals surface area contributed by atoms with Gasteiger partial charge in [0.15, 0.2) is 34.7 Å². The Morgan fingerprint density at radius 2 is 0.353 bits per heavy atom. The fourth-order valence-electron chi connectivity index (χ4n) is 10.6. The maximum absolute atomic E-state index is 14.3. The average Bonchev–Trinajstić information content (AvgIpc) is 3.77. The summed E-state index contributed by atoms with van der Waals surface area (Å²) in [4.78, 5) is 88.0. The predicted molar refractivity (Wildman–Crippen MR) is 337 cm³/mol. The third-order valence-corrected chi connectivity index (χ3v) is 14.9. The van der Waals surface area contributed by atoms with Gasteiger partial charge in [-0.3, -0.25) is 28.8 Å². The van der Waals surface area contributed by atoms with Crippen molar-refractivity contribution >= 4 is 51.8 Å². The molecule has 12 rings (SSSR count). The molecule has 0 bridgehead atoms. The first kappa shape index (κ1) is 54.1. The molecule has 0 aliphatic carbocycles. The van der Waals surface area contributed by atoms with E-state index in [1.165, 1.54) is 0 Å². The van der Waals surface area contributed by atoms with Gasteiger partial charge in [-0.2, -0.15) is 0 Å². The molecule has 12 aromatic carbocycles. The van der Waals surface area contributed by atoms with Crippen molar-refractivity contribution in [3.63, 3.8) is 0 Å².